The van der Waals surface area contributed by atoms with E-state index in [2.05, 4.69) is 25.6 Å². The monoisotopic (exact) mass is 307 g/mol. The molecule has 0 aliphatic rings. The van der Waals surface area contributed by atoms with Gasteiger partial charge in [0.1, 0.15) is 0 Å². The maximum Gasteiger partial charge on any atom is 0.316 e. The number of carbonyl (C=O) groups is 2. The highest BCUT2D eigenvalue weighted by atomic mass is 32.2. The molecule has 0 saturated carbocycles. The second-order valence-corrected chi connectivity index (χ2v) is 4.91. The van der Waals surface area contributed by atoms with Gasteiger partial charge >= 0.3 is 5.97 Å². The number of thioether (sulfide) groups is 1. The van der Waals surface area contributed by atoms with Crippen molar-refractivity contribution < 1.29 is 14.3 Å². The predicted molar refractivity (Wildman–Crippen MR) is 76.2 cm³/mol. The molecule has 9 heteroatoms. The van der Waals surface area contributed by atoms with Crippen LogP contribution in [0.4, 0.5) is 5.69 Å². The van der Waals surface area contributed by atoms with Gasteiger partial charge in [0, 0.05) is 12.6 Å². The van der Waals surface area contributed by atoms with Gasteiger partial charge in [-0.05, 0) is 28.6 Å². The first-order chi connectivity index (χ1) is 10.1. The van der Waals surface area contributed by atoms with Crippen LogP contribution in [0.2, 0.25) is 0 Å². The molecular formula is C12H13N5O3S. The third kappa shape index (κ3) is 4.02. The van der Waals surface area contributed by atoms with E-state index in [9.17, 15) is 9.59 Å². The Kier molecular flexibility index (Phi) is 4.88. The first kappa shape index (κ1) is 15.0. The number of methoxy groups -OCH3 is 1. The van der Waals surface area contributed by atoms with Crippen molar-refractivity contribution in [1.29, 1.82) is 0 Å². The molecule has 0 aliphatic carbocycles. The fraction of sp³-hybridized carbons (Fsp3) is 0.250. The van der Waals surface area contributed by atoms with E-state index in [-0.39, 0.29) is 17.6 Å². The van der Waals surface area contributed by atoms with Gasteiger partial charge in [-0.25, -0.2) is 0 Å². The lowest BCUT2D eigenvalue weighted by molar-refractivity contribution is -0.137. The summed E-state index contributed by atoms with van der Waals surface area (Å²) in [4.78, 5) is 22.2. The molecule has 1 amide bonds. The molecule has 1 aromatic heterocycles. The topological polar surface area (TPSA) is 99.0 Å². The second-order valence-electron chi connectivity index (χ2n) is 3.97. The molecule has 110 valence electrons. The molecule has 2 aromatic rings. The molecule has 0 fully saturated rings. The molecule has 8 nitrogen and oxygen atoms in total. The van der Waals surface area contributed by atoms with Gasteiger partial charge in [-0.3, -0.25) is 9.59 Å². The number of aromatic nitrogens is 4. The van der Waals surface area contributed by atoms with Crippen LogP contribution in [-0.4, -0.2) is 44.9 Å². The van der Waals surface area contributed by atoms with E-state index in [0.717, 1.165) is 0 Å². The van der Waals surface area contributed by atoms with Crippen LogP contribution in [0.1, 0.15) is 6.92 Å². The lowest BCUT2D eigenvalue weighted by Gasteiger charge is -2.06. The lowest BCUT2D eigenvalue weighted by atomic mass is 10.3. The molecule has 1 heterocycles. The molecule has 2 rings (SSSR count). The molecule has 0 saturated heterocycles. The Bertz CT molecular complexity index is 658. The van der Waals surface area contributed by atoms with E-state index in [1.165, 1.54) is 30.5 Å². The number of rotatable bonds is 5. The number of tetrazole rings is 1. The molecule has 0 bridgehead atoms. The predicted octanol–water partition coefficient (Wildman–Crippen LogP) is 0.886. The highest BCUT2D eigenvalue weighted by Crippen LogP contribution is 2.20. The molecular weight excluding hydrogens is 294 g/mol. The number of hydrogen-bond acceptors (Lipinski definition) is 7. The van der Waals surface area contributed by atoms with Crippen molar-refractivity contribution in [3.8, 4) is 5.69 Å². The highest BCUT2D eigenvalue weighted by molar-refractivity contribution is 7.99. The Hall–Kier alpha value is -2.42. The molecule has 0 spiro atoms. The zero-order valence-electron chi connectivity index (χ0n) is 11.4. The van der Waals surface area contributed by atoms with Crippen molar-refractivity contribution in [2.24, 2.45) is 0 Å². The van der Waals surface area contributed by atoms with Gasteiger partial charge in [0.05, 0.1) is 18.6 Å². The Balaban J connectivity index is 2.20. The van der Waals surface area contributed by atoms with Crippen molar-refractivity contribution in [2.75, 3.05) is 18.2 Å². The van der Waals surface area contributed by atoms with Gasteiger partial charge < -0.3 is 10.1 Å². The van der Waals surface area contributed by atoms with Crippen LogP contribution in [0.5, 0.6) is 0 Å². The highest BCUT2D eigenvalue weighted by Gasteiger charge is 2.12. The summed E-state index contributed by atoms with van der Waals surface area (Å²) in [5.74, 6) is -0.409. The first-order valence-corrected chi connectivity index (χ1v) is 6.94. The quantitative estimate of drug-likeness (QED) is 0.646. The third-order valence-electron chi connectivity index (χ3n) is 2.40. The molecule has 0 atom stereocenters. The fourth-order valence-electron chi connectivity index (χ4n) is 1.53. The van der Waals surface area contributed by atoms with Crippen LogP contribution < -0.4 is 5.32 Å². The minimum Gasteiger partial charge on any atom is -0.468 e. The zero-order valence-corrected chi connectivity index (χ0v) is 12.3. The molecule has 0 aliphatic heterocycles. The first-order valence-electron chi connectivity index (χ1n) is 5.96. The minimum absolute atomic E-state index is 0.113. The van der Waals surface area contributed by atoms with Crippen LogP contribution in [0, 0.1) is 0 Å². The Morgan fingerprint density at radius 2 is 2.24 bits per heavy atom. The van der Waals surface area contributed by atoms with Gasteiger partial charge in [-0.1, -0.05) is 17.8 Å². The number of hydrogen-bond donors (Lipinski definition) is 1. The molecule has 0 unspecified atom stereocenters. The molecule has 1 aromatic carbocycles. The second kappa shape index (κ2) is 6.84. The Labute approximate surface area is 124 Å². The Morgan fingerprint density at radius 1 is 1.43 bits per heavy atom. The number of anilines is 1. The standard InChI is InChI=1S/C12H13N5O3S/c1-8(18)13-9-4-3-5-10(6-9)17-12(14-15-16-17)21-7-11(19)20-2/h3-6H,7H2,1-2H3,(H,13,18). The maximum absolute atomic E-state index is 11.2. The number of amides is 1. The lowest BCUT2D eigenvalue weighted by Crippen LogP contribution is -2.07. The summed E-state index contributed by atoms with van der Waals surface area (Å²) >= 11 is 1.17. The Morgan fingerprint density at radius 3 is 2.95 bits per heavy atom. The number of nitrogens with zero attached hydrogens (tertiary/aromatic N) is 4. The van der Waals surface area contributed by atoms with E-state index in [4.69, 9.17) is 0 Å². The SMILES string of the molecule is COC(=O)CSc1nnnn1-c1cccc(NC(C)=O)c1. The number of esters is 1. The minimum atomic E-state index is -0.360. The van der Waals surface area contributed by atoms with Gasteiger partial charge in [0.15, 0.2) is 0 Å². The normalized spacial score (nSPS) is 10.2. The number of nitrogens with one attached hydrogen (secondary N) is 1. The van der Waals surface area contributed by atoms with Gasteiger partial charge in [0.25, 0.3) is 0 Å². The zero-order chi connectivity index (χ0) is 15.2. The maximum atomic E-state index is 11.2. The smallest absolute Gasteiger partial charge is 0.316 e. The fourth-order valence-corrected chi connectivity index (χ4v) is 2.26. The van der Waals surface area contributed by atoms with E-state index in [1.807, 2.05) is 0 Å². The van der Waals surface area contributed by atoms with Crippen LogP contribution >= 0.6 is 11.8 Å². The third-order valence-corrected chi connectivity index (χ3v) is 3.29. The van der Waals surface area contributed by atoms with Crippen LogP contribution in [0.15, 0.2) is 29.4 Å². The van der Waals surface area contributed by atoms with E-state index in [1.54, 1.807) is 24.3 Å². The molecule has 0 radical (unpaired) electrons. The molecule has 1 N–H and O–H groups in total. The number of benzene rings is 1. The summed E-state index contributed by atoms with van der Waals surface area (Å²) in [6.45, 7) is 1.43. The summed E-state index contributed by atoms with van der Waals surface area (Å²) in [5, 5.41) is 14.5. The summed E-state index contributed by atoms with van der Waals surface area (Å²) in [5.41, 5.74) is 1.32. The number of carbonyl (C=O) groups excluding carboxylic acids is 2. The van der Waals surface area contributed by atoms with Crippen LogP contribution in [-0.2, 0) is 14.3 Å². The van der Waals surface area contributed by atoms with Crippen LogP contribution in [0.25, 0.3) is 5.69 Å². The summed E-state index contributed by atoms with van der Waals surface area (Å²) in [6.07, 6.45) is 0. The van der Waals surface area contributed by atoms with E-state index >= 15 is 0 Å². The average Bonchev–Trinajstić information content (AvgIpc) is 2.92. The average molecular weight is 307 g/mol. The number of ether oxygens (including phenoxy) is 1. The largest absolute Gasteiger partial charge is 0.468 e. The van der Waals surface area contributed by atoms with Gasteiger partial charge in [0.2, 0.25) is 11.1 Å². The van der Waals surface area contributed by atoms with Gasteiger partial charge in [-0.15, -0.1) is 5.10 Å². The van der Waals surface area contributed by atoms with Crippen molar-refractivity contribution in [3.05, 3.63) is 24.3 Å². The van der Waals surface area contributed by atoms with Crippen molar-refractivity contribution >= 4 is 29.3 Å². The summed E-state index contributed by atoms with van der Waals surface area (Å²) in [6, 6.07) is 7.07. The summed E-state index contributed by atoms with van der Waals surface area (Å²) < 4.78 is 6.06. The summed E-state index contributed by atoms with van der Waals surface area (Å²) in [7, 11) is 1.32. The van der Waals surface area contributed by atoms with Gasteiger partial charge in [-0.2, -0.15) is 4.68 Å². The van der Waals surface area contributed by atoms with E-state index < -0.39 is 0 Å². The van der Waals surface area contributed by atoms with E-state index in [0.29, 0.717) is 16.5 Å². The van der Waals surface area contributed by atoms with Crippen molar-refractivity contribution in [3.63, 3.8) is 0 Å². The van der Waals surface area contributed by atoms with Crippen molar-refractivity contribution in [1.82, 2.24) is 20.2 Å². The van der Waals surface area contributed by atoms with Crippen molar-refractivity contribution in [2.45, 2.75) is 12.1 Å². The van der Waals surface area contributed by atoms with Crippen LogP contribution in [0.3, 0.4) is 0 Å². The molecule has 21 heavy (non-hydrogen) atoms.